The summed E-state index contributed by atoms with van der Waals surface area (Å²) < 4.78 is 0. The number of nitrogens with one attached hydrogen (secondary N) is 1. The number of carbonyl (C=O) groups is 3. The van der Waals surface area contributed by atoms with Gasteiger partial charge in [0.25, 0.3) is 5.91 Å². The summed E-state index contributed by atoms with van der Waals surface area (Å²) in [5.41, 5.74) is -1.11. The van der Waals surface area contributed by atoms with Crippen molar-refractivity contribution in [2.45, 2.75) is 46.1 Å². The second-order valence-electron chi connectivity index (χ2n) is 6.03. The molecule has 0 fully saturated rings. The van der Waals surface area contributed by atoms with Crippen molar-refractivity contribution in [2.75, 3.05) is 25.4 Å². The number of hydrogen-bond acceptors (Lipinski definition) is 7. The molecule has 3 N–H and O–H groups in total. The molecule has 140 valence electrons. The average Bonchev–Trinajstić information content (AvgIpc) is 2.55. The number of carbonyl (C=O) groups excluding carboxylic acids is 3. The van der Waals surface area contributed by atoms with Crippen LogP contribution in [0.3, 0.4) is 0 Å². The minimum absolute atomic E-state index is 0.0921. The van der Waals surface area contributed by atoms with E-state index in [0.717, 1.165) is 0 Å². The SMILES string of the molecule is CCC[13C](=O)ON(CCC(=O)NCCS)C(=O)[C@H](O)C(C)(C)CO. The molecule has 0 saturated heterocycles. The zero-order valence-electron chi connectivity index (χ0n) is 14.4. The highest BCUT2D eigenvalue weighted by Crippen LogP contribution is 2.21. The number of nitrogens with zero attached hydrogens (tertiary/aromatic N) is 1. The summed E-state index contributed by atoms with van der Waals surface area (Å²) in [6.07, 6.45) is -1.02. The molecular formula is C15H28N2O6S. The third kappa shape index (κ3) is 7.98. The number of hydrogen-bond donors (Lipinski definition) is 4. The Morgan fingerprint density at radius 2 is 1.92 bits per heavy atom. The van der Waals surface area contributed by atoms with Crippen LogP contribution in [0.1, 0.15) is 40.0 Å². The van der Waals surface area contributed by atoms with Gasteiger partial charge in [-0.2, -0.15) is 17.7 Å². The first kappa shape index (κ1) is 22.7. The van der Waals surface area contributed by atoms with Crippen LogP contribution in [0.5, 0.6) is 0 Å². The Balaban J connectivity index is 4.94. The Labute approximate surface area is 147 Å². The normalized spacial score (nSPS) is 12.4. The molecule has 0 saturated carbocycles. The lowest BCUT2D eigenvalue weighted by molar-refractivity contribution is -0.207. The molecule has 0 aliphatic carbocycles. The van der Waals surface area contributed by atoms with Gasteiger partial charge < -0.3 is 20.4 Å². The van der Waals surface area contributed by atoms with Crippen molar-refractivity contribution in [2.24, 2.45) is 5.41 Å². The summed E-state index contributed by atoms with van der Waals surface area (Å²) in [6, 6.07) is 0. The number of rotatable bonds is 10. The predicted octanol–water partition coefficient (Wildman–Crippen LogP) is -0.111. The number of thiol groups is 1. The van der Waals surface area contributed by atoms with E-state index in [0.29, 0.717) is 23.8 Å². The van der Waals surface area contributed by atoms with Crippen molar-refractivity contribution in [1.29, 1.82) is 0 Å². The second-order valence-corrected chi connectivity index (χ2v) is 6.47. The van der Waals surface area contributed by atoms with E-state index in [9.17, 15) is 24.6 Å². The molecule has 0 heterocycles. The first-order valence-electron chi connectivity index (χ1n) is 7.88. The van der Waals surface area contributed by atoms with Crippen LogP contribution >= 0.6 is 12.6 Å². The molecule has 0 radical (unpaired) electrons. The fraction of sp³-hybridized carbons (Fsp3) is 0.800. The first-order valence-corrected chi connectivity index (χ1v) is 8.51. The smallest absolute Gasteiger partial charge is 0.332 e. The Morgan fingerprint density at radius 1 is 1.29 bits per heavy atom. The van der Waals surface area contributed by atoms with Crippen LogP contribution < -0.4 is 5.32 Å². The van der Waals surface area contributed by atoms with Crippen LogP contribution in [0, 0.1) is 5.41 Å². The second kappa shape index (κ2) is 11.3. The minimum Gasteiger partial charge on any atom is -0.396 e. The molecular weight excluding hydrogens is 337 g/mol. The van der Waals surface area contributed by atoms with Gasteiger partial charge >= 0.3 is 5.97 Å². The molecule has 24 heavy (non-hydrogen) atoms. The summed E-state index contributed by atoms with van der Waals surface area (Å²) in [7, 11) is 0. The van der Waals surface area contributed by atoms with Crippen molar-refractivity contribution < 1.29 is 29.4 Å². The lowest BCUT2D eigenvalue weighted by Gasteiger charge is -2.31. The number of aliphatic hydroxyl groups is 2. The van der Waals surface area contributed by atoms with Crippen LogP contribution in [0.15, 0.2) is 0 Å². The third-order valence-corrected chi connectivity index (χ3v) is 3.49. The maximum Gasteiger partial charge on any atom is 0.332 e. The lowest BCUT2D eigenvalue weighted by Crippen LogP contribution is -2.49. The molecule has 0 spiro atoms. The molecule has 0 unspecified atom stereocenters. The van der Waals surface area contributed by atoms with Crippen molar-refractivity contribution in [3.05, 3.63) is 0 Å². The Morgan fingerprint density at radius 3 is 2.42 bits per heavy atom. The Kier molecular flexibility index (Phi) is 10.7. The van der Waals surface area contributed by atoms with Crippen LogP contribution in [0.2, 0.25) is 0 Å². The minimum atomic E-state index is -1.57. The maximum atomic E-state index is 12.4. The topological polar surface area (TPSA) is 116 Å². The standard InChI is InChI=1S/C15H28N2O6S/c1-4-5-12(20)23-17(8-6-11(19)16-7-9-24)14(22)13(21)15(2,3)10-18/h13,18,21,24H,4-10H2,1-3H3,(H,16,19)/t13-/m0/s1/i12+1. The molecule has 9 heteroatoms. The van der Waals surface area contributed by atoms with Gasteiger partial charge in [0.2, 0.25) is 5.91 Å². The van der Waals surface area contributed by atoms with Gasteiger partial charge in [-0.1, -0.05) is 20.8 Å². The summed E-state index contributed by atoms with van der Waals surface area (Å²) in [5.74, 6) is -1.36. The Bertz CT molecular complexity index is 430. The van der Waals surface area contributed by atoms with Gasteiger partial charge in [-0.25, -0.2) is 4.79 Å². The van der Waals surface area contributed by atoms with Crippen LogP contribution in [-0.2, 0) is 19.2 Å². The van der Waals surface area contributed by atoms with E-state index in [1.165, 1.54) is 13.8 Å². The van der Waals surface area contributed by atoms with E-state index >= 15 is 0 Å². The van der Waals surface area contributed by atoms with E-state index in [4.69, 9.17) is 4.84 Å². The van der Waals surface area contributed by atoms with Crippen molar-refractivity contribution in [1.82, 2.24) is 10.4 Å². The summed E-state index contributed by atoms with van der Waals surface area (Å²) in [4.78, 5) is 40.6. The highest BCUT2D eigenvalue weighted by molar-refractivity contribution is 7.80. The van der Waals surface area contributed by atoms with Gasteiger partial charge in [-0.3, -0.25) is 9.59 Å². The van der Waals surface area contributed by atoms with Gasteiger partial charge in [0.15, 0.2) is 0 Å². The van der Waals surface area contributed by atoms with Gasteiger partial charge in [0, 0.05) is 30.6 Å². The van der Waals surface area contributed by atoms with Crippen molar-refractivity contribution in [3.8, 4) is 0 Å². The molecule has 0 aliphatic heterocycles. The van der Waals surface area contributed by atoms with Gasteiger partial charge in [0.1, 0.15) is 6.10 Å². The van der Waals surface area contributed by atoms with Crippen LogP contribution in [0.4, 0.5) is 0 Å². The predicted molar refractivity (Wildman–Crippen MR) is 91.1 cm³/mol. The lowest BCUT2D eigenvalue weighted by atomic mass is 9.87. The molecule has 8 nitrogen and oxygen atoms in total. The fourth-order valence-corrected chi connectivity index (χ4v) is 1.73. The summed E-state index contributed by atoms with van der Waals surface area (Å²) >= 11 is 3.97. The van der Waals surface area contributed by atoms with Gasteiger partial charge in [-0.05, 0) is 6.42 Å². The monoisotopic (exact) mass is 365 g/mol. The summed E-state index contributed by atoms with van der Waals surface area (Å²) in [5, 5.41) is 22.7. The quantitative estimate of drug-likeness (QED) is 0.244. The van der Waals surface area contributed by atoms with E-state index < -0.39 is 30.0 Å². The number of hydroxylamine groups is 2. The number of amides is 2. The van der Waals surface area contributed by atoms with Gasteiger partial charge in [0.05, 0.1) is 13.2 Å². The molecule has 1 atom stereocenters. The molecule has 0 rings (SSSR count). The van der Waals surface area contributed by atoms with Crippen LogP contribution in [0.25, 0.3) is 0 Å². The first-order chi connectivity index (χ1) is 11.2. The molecule has 0 aliphatic rings. The highest BCUT2D eigenvalue weighted by Gasteiger charge is 2.37. The molecule has 0 aromatic rings. The van der Waals surface area contributed by atoms with Crippen LogP contribution in [-0.4, -0.2) is 64.6 Å². The van der Waals surface area contributed by atoms with Crippen molar-refractivity contribution >= 4 is 30.4 Å². The Hall–Kier alpha value is -1.32. The molecule has 0 aromatic carbocycles. The fourth-order valence-electron chi connectivity index (χ4n) is 1.62. The average molecular weight is 365 g/mol. The van der Waals surface area contributed by atoms with E-state index in [2.05, 4.69) is 17.9 Å². The van der Waals surface area contributed by atoms with Crippen molar-refractivity contribution in [3.63, 3.8) is 0 Å². The third-order valence-electron chi connectivity index (χ3n) is 3.27. The molecule has 2 amide bonds. The number of aliphatic hydroxyl groups excluding tert-OH is 2. The van der Waals surface area contributed by atoms with E-state index in [1.54, 1.807) is 6.92 Å². The summed E-state index contributed by atoms with van der Waals surface area (Å²) in [6.45, 7) is 4.54. The molecule has 0 aromatic heterocycles. The zero-order valence-corrected chi connectivity index (χ0v) is 15.3. The van der Waals surface area contributed by atoms with Gasteiger partial charge in [-0.15, -0.1) is 0 Å². The van der Waals surface area contributed by atoms with E-state index in [1.807, 2.05) is 0 Å². The maximum absolute atomic E-state index is 12.4. The highest BCUT2D eigenvalue weighted by atomic mass is 32.1. The zero-order chi connectivity index (χ0) is 18.8. The van der Waals surface area contributed by atoms with E-state index in [-0.39, 0.29) is 25.3 Å². The molecule has 0 bridgehead atoms. The largest absolute Gasteiger partial charge is 0.396 e.